The zero-order valence-electron chi connectivity index (χ0n) is 27.9. The highest BCUT2D eigenvalue weighted by Crippen LogP contribution is 2.27. The van der Waals surface area contributed by atoms with Crippen LogP contribution >= 0.6 is 21.6 Å². The second-order valence-electron chi connectivity index (χ2n) is 12.0. The van der Waals surface area contributed by atoms with Crippen molar-refractivity contribution in [3.05, 3.63) is 169 Å². The SMILES string of the molecule is O=C(CCSSCCC(=O)NCc1cccc(-c2ccc(-c3ccccc3)cc2)c1)NCc1cccc(-c2ccc(-c3ccccc3)cc2)c1. The number of carbonyl (C=O) groups is 2. The Kier molecular flexibility index (Phi) is 12.6. The number of nitrogens with one attached hydrogen (secondary N) is 2. The number of rotatable bonds is 15. The first kappa shape index (κ1) is 34.8. The van der Waals surface area contributed by atoms with E-state index in [-0.39, 0.29) is 11.8 Å². The fourth-order valence-electron chi connectivity index (χ4n) is 5.66. The minimum Gasteiger partial charge on any atom is -0.352 e. The van der Waals surface area contributed by atoms with Gasteiger partial charge in [-0.2, -0.15) is 0 Å². The number of carbonyl (C=O) groups excluding carboxylic acids is 2. The molecule has 0 aliphatic carbocycles. The van der Waals surface area contributed by atoms with Crippen LogP contribution in [0.15, 0.2) is 158 Å². The third-order valence-electron chi connectivity index (χ3n) is 8.39. The van der Waals surface area contributed by atoms with Gasteiger partial charge in [-0.3, -0.25) is 9.59 Å². The molecular formula is C44H40N2O2S2. The normalized spacial score (nSPS) is 10.8. The highest BCUT2D eigenvalue weighted by Gasteiger charge is 2.07. The van der Waals surface area contributed by atoms with Crippen molar-refractivity contribution in [2.24, 2.45) is 0 Å². The number of benzene rings is 6. The molecule has 50 heavy (non-hydrogen) atoms. The Labute approximate surface area is 303 Å². The summed E-state index contributed by atoms with van der Waals surface area (Å²) in [6, 6.07) is 54.5. The third kappa shape index (κ3) is 10.2. The Morgan fingerprint density at radius 2 is 0.700 bits per heavy atom. The first-order valence-electron chi connectivity index (χ1n) is 16.9. The number of hydrogen-bond donors (Lipinski definition) is 2. The molecule has 0 heterocycles. The molecule has 0 fully saturated rings. The van der Waals surface area contributed by atoms with Gasteiger partial charge in [0.05, 0.1) is 0 Å². The fraction of sp³-hybridized carbons (Fsp3) is 0.136. The summed E-state index contributed by atoms with van der Waals surface area (Å²) >= 11 is 0. The van der Waals surface area contributed by atoms with E-state index >= 15 is 0 Å². The van der Waals surface area contributed by atoms with Crippen molar-refractivity contribution < 1.29 is 9.59 Å². The lowest BCUT2D eigenvalue weighted by Gasteiger charge is -2.09. The van der Waals surface area contributed by atoms with Gasteiger partial charge >= 0.3 is 0 Å². The highest BCUT2D eigenvalue weighted by molar-refractivity contribution is 8.76. The van der Waals surface area contributed by atoms with Gasteiger partial charge in [0.15, 0.2) is 0 Å². The number of amides is 2. The van der Waals surface area contributed by atoms with E-state index in [9.17, 15) is 9.59 Å². The van der Waals surface area contributed by atoms with E-state index in [1.165, 1.54) is 22.3 Å². The molecule has 0 aromatic heterocycles. The second kappa shape index (κ2) is 18.1. The minimum absolute atomic E-state index is 0.0304. The molecule has 0 aliphatic heterocycles. The van der Waals surface area contributed by atoms with E-state index in [1.54, 1.807) is 21.6 Å². The van der Waals surface area contributed by atoms with Crippen molar-refractivity contribution in [3.8, 4) is 44.5 Å². The van der Waals surface area contributed by atoms with E-state index in [1.807, 2.05) is 36.4 Å². The van der Waals surface area contributed by atoms with Gasteiger partial charge in [0.25, 0.3) is 0 Å². The van der Waals surface area contributed by atoms with E-state index in [2.05, 4.69) is 132 Å². The van der Waals surface area contributed by atoms with Crippen LogP contribution in [0.4, 0.5) is 0 Å². The van der Waals surface area contributed by atoms with Crippen LogP contribution in [-0.2, 0) is 22.7 Å². The number of hydrogen-bond acceptors (Lipinski definition) is 4. The average Bonchev–Trinajstić information content (AvgIpc) is 3.18. The Bertz CT molecular complexity index is 1830. The Balaban J connectivity index is 0.854. The van der Waals surface area contributed by atoms with E-state index < -0.39 is 0 Å². The topological polar surface area (TPSA) is 58.2 Å². The maximum Gasteiger partial charge on any atom is 0.221 e. The van der Waals surface area contributed by atoms with Crippen LogP contribution in [0, 0.1) is 0 Å². The largest absolute Gasteiger partial charge is 0.352 e. The molecule has 6 heteroatoms. The molecule has 0 saturated carbocycles. The molecule has 4 nitrogen and oxygen atoms in total. The van der Waals surface area contributed by atoms with Crippen molar-refractivity contribution in [2.45, 2.75) is 25.9 Å². The van der Waals surface area contributed by atoms with Crippen molar-refractivity contribution in [1.29, 1.82) is 0 Å². The molecule has 0 bridgehead atoms. The van der Waals surface area contributed by atoms with Crippen LogP contribution in [0.5, 0.6) is 0 Å². The summed E-state index contributed by atoms with van der Waals surface area (Å²) in [5.74, 6) is 1.46. The molecule has 250 valence electrons. The Morgan fingerprint density at radius 1 is 0.380 bits per heavy atom. The lowest BCUT2D eigenvalue weighted by molar-refractivity contribution is -0.121. The zero-order chi connectivity index (χ0) is 34.4. The summed E-state index contributed by atoms with van der Waals surface area (Å²) in [5, 5.41) is 6.09. The molecular weight excluding hydrogens is 653 g/mol. The maximum absolute atomic E-state index is 12.5. The molecule has 0 radical (unpaired) electrons. The van der Waals surface area contributed by atoms with Crippen LogP contribution in [0.25, 0.3) is 44.5 Å². The summed E-state index contributed by atoms with van der Waals surface area (Å²) in [7, 11) is 3.27. The molecule has 2 amide bonds. The van der Waals surface area contributed by atoms with Gasteiger partial charge in [-0.15, -0.1) is 0 Å². The predicted molar refractivity (Wildman–Crippen MR) is 212 cm³/mol. The smallest absolute Gasteiger partial charge is 0.221 e. The lowest BCUT2D eigenvalue weighted by Crippen LogP contribution is -2.23. The molecule has 0 aliphatic rings. The zero-order valence-corrected chi connectivity index (χ0v) is 29.5. The molecule has 6 aromatic rings. The van der Waals surface area contributed by atoms with Gasteiger partial charge in [0.2, 0.25) is 11.8 Å². The van der Waals surface area contributed by atoms with Crippen molar-refractivity contribution in [2.75, 3.05) is 11.5 Å². The van der Waals surface area contributed by atoms with Gasteiger partial charge in [-0.1, -0.05) is 167 Å². The van der Waals surface area contributed by atoms with Crippen LogP contribution in [0.3, 0.4) is 0 Å². The van der Waals surface area contributed by atoms with Crippen LogP contribution in [-0.4, -0.2) is 23.3 Å². The first-order chi connectivity index (χ1) is 24.6. The van der Waals surface area contributed by atoms with Gasteiger partial charge in [-0.25, -0.2) is 0 Å². The maximum atomic E-state index is 12.5. The monoisotopic (exact) mass is 692 g/mol. The quantitative estimate of drug-likeness (QED) is 0.0831. The predicted octanol–water partition coefficient (Wildman–Crippen LogP) is 10.4. The fourth-order valence-corrected chi connectivity index (χ4v) is 7.64. The van der Waals surface area contributed by atoms with E-state index in [0.29, 0.717) is 37.4 Å². The van der Waals surface area contributed by atoms with Crippen LogP contribution in [0.1, 0.15) is 24.0 Å². The summed E-state index contributed by atoms with van der Waals surface area (Å²) in [5.41, 5.74) is 11.5. The Hall–Kier alpha value is -5.04. The van der Waals surface area contributed by atoms with E-state index in [0.717, 1.165) is 33.4 Å². The molecule has 6 aromatic carbocycles. The second-order valence-corrected chi connectivity index (χ2v) is 14.7. The highest BCUT2D eigenvalue weighted by atomic mass is 33.1. The van der Waals surface area contributed by atoms with Gasteiger partial charge in [0, 0.05) is 37.4 Å². The molecule has 0 unspecified atom stereocenters. The standard InChI is InChI=1S/C44H40N2O2S2/c47-43(45-31-33-9-7-15-41(29-33)39-21-17-37(18-22-39)35-11-3-1-4-12-35)25-27-49-50-28-26-44(48)46-32-34-10-8-16-42(30-34)40-23-19-38(20-24-40)36-13-5-2-6-14-36/h1-24,29-30H,25-28,31-32H2,(H,45,47)(H,46,48). The van der Waals surface area contributed by atoms with Crippen LogP contribution < -0.4 is 10.6 Å². The van der Waals surface area contributed by atoms with Crippen molar-refractivity contribution in [3.63, 3.8) is 0 Å². The van der Waals surface area contributed by atoms with Crippen molar-refractivity contribution >= 4 is 33.4 Å². The summed E-state index contributed by atoms with van der Waals surface area (Å²) < 4.78 is 0. The van der Waals surface area contributed by atoms with Crippen molar-refractivity contribution in [1.82, 2.24) is 10.6 Å². The van der Waals surface area contributed by atoms with Gasteiger partial charge < -0.3 is 10.6 Å². The first-order valence-corrected chi connectivity index (χ1v) is 19.4. The summed E-state index contributed by atoms with van der Waals surface area (Å²) in [6.45, 7) is 0.992. The van der Waals surface area contributed by atoms with Gasteiger partial charge in [-0.05, 0) is 67.8 Å². The minimum atomic E-state index is 0.0304. The van der Waals surface area contributed by atoms with Gasteiger partial charge in [0.1, 0.15) is 0 Å². The average molecular weight is 693 g/mol. The molecule has 0 saturated heterocycles. The van der Waals surface area contributed by atoms with Crippen LogP contribution in [0.2, 0.25) is 0 Å². The molecule has 6 rings (SSSR count). The Morgan fingerprint density at radius 3 is 1.08 bits per heavy atom. The molecule has 0 spiro atoms. The summed E-state index contributed by atoms with van der Waals surface area (Å²) in [6.07, 6.45) is 0.881. The molecule has 2 N–H and O–H groups in total. The lowest BCUT2D eigenvalue weighted by atomic mass is 9.99. The van der Waals surface area contributed by atoms with E-state index in [4.69, 9.17) is 0 Å². The molecule has 0 atom stereocenters. The summed E-state index contributed by atoms with van der Waals surface area (Å²) in [4.78, 5) is 25.0. The third-order valence-corrected chi connectivity index (χ3v) is 10.8.